The maximum Gasteiger partial charge on any atom is 0.131 e. The Morgan fingerprint density at radius 1 is 1.35 bits per heavy atom. The van der Waals surface area contributed by atoms with Crippen molar-refractivity contribution < 1.29 is 4.74 Å². The van der Waals surface area contributed by atoms with Gasteiger partial charge in [-0.15, -0.1) is 0 Å². The maximum absolute atomic E-state index is 6.29. The van der Waals surface area contributed by atoms with Crippen LogP contribution in [0.4, 0.5) is 0 Å². The van der Waals surface area contributed by atoms with Crippen molar-refractivity contribution in [1.82, 2.24) is 9.78 Å². The predicted molar refractivity (Wildman–Crippen MR) is 81.3 cm³/mol. The molecule has 0 radical (unpaired) electrons. The van der Waals surface area contributed by atoms with Gasteiger partial charge < -0.3 is 10.5 Å². The summed E-state index contributed by atoms with van der Waals surface area (Å²) < 4.78 is 7.55. The van der Waals surface area contributed by atoms with Gasteiger partial charge in [0.2, 0.25) is 0 Å². The zero-order valence-corrected chi connectivity index (χ0v) is 13.0. The molecule has 1 heterocycles. The van der Waals surface area contributed by atoms with Crippen molar-refractivity contribution in [3.8, 4) is 5.75 Å². The number of hydrogen-bond acceptors (Lipinski definition) is 3. The van der Waals surface area contributed by atoms with E-state index in [0.717, 1.165) is 23.4 Å². The SMILES string of the molecule is CCc1nn(C)c(COc2ccc(Cl)cc2CN)c1Cl. The smallest absolute Gasteiger partial charge is 0.131 e. The molecule has 0 saturated heterocycles. The molecule has 0 aliphatic carbocycles. The van der Waals surface area contributed by atoms with E-state index in [4.69, 9.17) is 33.7 Å². The maximum atomic E-state index is 6.29. The molecule has 0 aliphatic heterocycles. The molecule has 2 rings (SSSR count). The zero-order valence-electron chi connectivity index (χ0n) is 11.5. The van der Waals surface area contributed by atoms with Gasteiger partial charge in [0.1, 0.15) is 12.4 Å². The van der Waals surface area contributed by atoms with Crippen molar-refractivity contribution in [2.45, 2.75) is 26.5 Å². The van der Waals surface area contributed by atoms with Gasteiger partial charge >= 0.3 is 0 Å². The van der Waals surface area contributed by atoms with E-state index in [1.807, 2.05) is 20.0 Å². The van der Waals surface area contributed by atoms with Crippen molar-refractivity contribution >= 4 is 23.2 Å². The van der Waals surface area contributed by atoms with E-state index in [1.165, 1.54) is 0 Å². The first-order valence-electron chi connectivity index (χ1n) is 6.38. The molecule has 0 fully saturated rings. The molecule has 2 N–H and O–H groups in total. The highest BCUT2D eigenvalue weighted by atomic mass is 35.5. The first kappa shape index (κ1) is 15.2. The quantitative estimate of drug-likeness (QED) is 0.921. The van der Waals surface area contributed by atoms with Gasteiger partial charge in [0, 0.05) is 24.2 Å². The second kappa shape index (κ2) is 6.48. The fourth-order valence-electron chi connectivity index (χ4n) is 1.97. The van der Waals surface area contributed by atoms with Crippen LogP contribution in [0.15, 0.2) is 18.2 Å². The molecule has 0 saturated carbocycles. The molecular weight excluding hydrogens is 297 g/mol. The second-order valence-electron chi connectivity index (χ2n) is 4.43. The predicted octanol–water partition coefficient (Wildman–Crippen LogP) is 3.33. The summed E-state index contributed by atoms with van der Waals surface area (Å²) in [6.07, 6.45) is 0.793. The van der Waals surface area contributed by atoms with Crippen molar-refractivity contribution in [3.63, 3.8) is 0 Å². The summed E-state index contributed by atoms with van der Waals surface area (Å²) in [6, 6.07) is 5.40. The average Bonchev–Trinajstić information content (AvgIpc) is 2.72. The lowest BCUT2D eigenvalue weighted by molar-refractivity contribution is 0.292. The Hall–Kier alpha value is -1.23. The van der Waals surface area contributed by atoms with Crippen molar-refractivity contribution in [3.05, 3.63) is 45.2 Å². The van der Waals surface area contributed by atoms with Gasteiger partial charge in [-0.05, 0) is 24.6 Å². The molecule has 0 spiro atoms. The molecule has 0 amide bonds. The van der Waals surface area contributed by atoms with E-state index in [0.29, 0.717) is 28.9 Å². The summed E-state index contributed by atoms with van der Waals surface area (Å²) in [5.41, 5.74) is 8.29. The molecule has 6 heteroatoms. The largest absolute Gasteiger partial charge is 0.487 e. The minimum atomic E-state index is 0.344. The van der Waals surface area contributed by atoms with E-state index in [9.17, 15) is 0 Å². The molecule has 108 valence electrons. The molecule has 20 heavy (non-hydrogen) atoms. The van der Waals surface area contributed by atoms with Crippen LogP contribution in [0.3, 0.4) is 0 Å². The number of ether oxygens (including phenoxy) is 1. The van der Waals surface area contributed by atoms with Crippen LogP contribution in [-0.4, -0.2) is 9.78 Å². The first-order valence-corrected chi connectivity index (χ1v) is 7.14. The average molecular weight is 314 g/mol. The Bertz CT molecular complexity index is 611. The summed E-state index contributed by atoms with van der Waals surface area (Å²) in [4.78, 5) is 0. The van der Waals surface area contributed by atoms with Gasteiger partial charge in [-0.2, -0.15) is 5.10 Å². The number of rotatable bonds is 5. The highest BCUT2D eigenvalue weighted by Crippen LogP contribution is 2.26. The molecule has 1 aromatic carbocycles. The standard InChI is InChI=1S/C14H17Cl2N3O/c1-3-11-14(16)12(19(2)18-11)8-20-13-5-4-10(15)6-9(13)7-17/h4-6H,3,7-8,17H2,1-2H3. The third-order valence-corrected chi connectivity index (χ3v) is 3.78. The fraction of sp³-hybridized carbons (Fsp3) is 0.357. The van der Waals surface area contributed by atoms with Gasteiger partial charge in [0.25, 0.3) is 0 Å². The number of nitrogens with two attached hydrogens (primary N) is 1. The summed E-state index contributed by atoms with van der Waals surface area (Å²) in [5.74, 6) is 0.715. The van der Waals surface area contributed by atoms with Crippen molar-refractivity contribution in [2.75, 3.05) is 0 Å². The normalized spacial score (nSPS) is 10.8. The number of aryl methyl sites for hydroxylation is 2. The Morgan fingerprint density at radius 2 is 2.10 bits per heavy atom. The Labute approximate surface area is 128 Å². The molecule has 1 aromatic heterocycles. The minimum Gasteiger partial charge on any atom is -0.487 e. The van der Waals surface area contributed by atoms with E-state index in [1.54, 1.807) is 16.8 Å². The Morgan fingerprint density at radius 3 is 2.70 bits per heavy atom. The van der Waals surface area contributed by atoms with Gasteiger partial charge in [-0.25, -0.2) is 0 Å². The number of hydrogen-bond donors (Lipinski definition) is 1. The molecular formula is C14H17Cl2N3O. The van der Waals surface area contributed by atoms with E-state index in [2.05, 4.69) is 5.10 Å². The third kappa shape index (κ3) is 3.08. The highest BCUT2D eigenvalue weighted by molar-refractivity contribution is 6.32. The van der Waals surface area contributed by atoms with Crippen LogP contribution in [0.25, 0.3) is 0 Å². The van der Waals surface area contributed by atoms with Crippen LogP contribution >= 0.6 is 23.2 Å². The van der Waals surface area contributed by atoms with Gasteiger partial charge in [0.05, 0.1) is 16.4 Å². The van der Waals surface area contributed by atoms with E-state index in [-0.39, 0.29) is 0 Å². The third-order valence-electron chi connectivity index (χ3n) is 3.11. The Balaban J connectivity index is 2.19. The minimum absolute atomic E-state index is 0.344. The van der Waals surface area contributed by atoms with E-state index >= 15 is 0 Å². The Kier molecular flexibility index (Phi) is 4.91. The second-order valence-corrected chi connectivity index (χ2v) is 5.24. The zero-order chi connectivity index (χ0) is 14.7. The van der Waals surface area contributed by atoms with Crippen LogP contribution < -0.4 is 10.5 Å². The summed E-state index contributed by atoms with van der Waals surface area (Å²) in [6.45, 7) is 2.73. The number of halogens is 2. The van der Waals surface area contributed by atoms with Crippen LogP contribution in [-0.2, 0) is 26.6 Å². The lowest BCUT2D eigenvalue weighted by atomic mass is 10.2. The lowest BCUT2D eigenvalue weighted by Gasteiger charge is -2.11. The summed E-state index contributed by atoms with van der Waals surface area (Å²) in [7, 11) is 1.86. The summed E-state index contributed by atoms with van der Waals surface area (Å²) in [5, 5.41) is 5.66. The van der Waals surface area contributed by atoms with E-state index < -0.39 is 0 Å². The van der Waals surface area contributed by atoms with Crippen molar-refractivity contribution in [1.29, 1.82) is 0 Å². The van der Waals surface area contributed by atoms with Crippen LogP contribution in [0.2, 0.25) is 10.0 Å². The number of nitrogens with zero attached hydrogens (tertiary/aromatic N) is 2. The van der Waals surface area contributed by atoms with Gasteiger partial charge in [0.15, 0.2) is 0 Å². The molecule has 2 aromatic rings. The molecule has 0 aliphatic rings. The van der Waals surface area contributed by atoms with Crippen LogP contribution in [0.1, 0.15) is 23.9 Å². The lowest BCUT2D eigenvalue weighted by Crippen LogP contribution is -2.06. The monoisotopic (exact) mass is 313 g/mol. The van der Waals surface area contributed by atoms with Crippen LogP contribution in [0.5, 0.6) is 5.75 Å². The molecule has 4 nitrogen and oxygen atoms in total. The van der Waals surface area contributed by atoms with Crippen molar-refractivity contribution in [2.24, 2.45) is 12.8 Å². The summed E-state index contributed by atoms with van der Waals surface area (Å²) >= 11 is 12.2. The number of aromatic nitrogens is 2. The molecule has 0 unspecified atom stereocenters. The molecule has 0 atom stereocenters. The molecule has 0 bridgehead atoms. The van der Waals surface area contributed by atoms with Crippen LogP contribution in [0, 0.1) is 0 Å². The number of benzene rings is 1. The highest BCUT2D eigenvalue weighted by Gasteiger charge is 2.14. The van der Waals surface area contributed by atoms with Gasteiger partial charge in [-0.3, -0.25) is 4.68 Å². The first-order chi connectivity index (χ1) is 9.56. The van der Waals surface area contributed by atoms with Gasteiger partial charge in [-0.1, -0.05) is 30.1 Å². The fourth-order valence-corrected chi connectivity index (χ4v) is 2.51. The topological polar surface area (TPSA) is 53.1 Å².